The van der Waals surface area contributed by atoms with Gasteiger partial charge in [-0.25, -0.2) is 0 Å². The minimum Gasteiger partial charge on any atom is -0.351 e. The molecule has 4 nitrogen and oxygen atoms in total. The maximum Gasteiger partial charge on any atom is 0.237 e. The molecule has 1 amide bonds. The van der Waals surface area contributed by atoms with Crippen LogP contribution in [0.15, 0.2) is 0 Å². The van der Waals surface area contributed by atoms with Gasteiger partial charge in [-0.3, -0.25) is 9.69 Å². The van der Waals surface area contributed by atoms with E-state index in [4.69, 9.17) is 0 Å². The molecule has 2 N–H and O–H groups in total. The summed E-state index contributed by atoms with van der Waals surface area (Å²) in [4.78, 5) is 14.6. The Bertz CT molecular complexity index is 297. The zero-order chi connectivity index (χ0) is 11.8. The predicted octanol–water partition coefficient (Wildman–Crippen LogP) is 0.480. The minimum absolute atomic E-state index is 0.0697. The lowest BCUT2D eigenvalue weighted by Crippen LogP contribution is -2.46. The van der Waals surface area contributed by atoms with Crippen LogP contribution in [0.4, 0.5) is 0 Å². The molecule has 2 aliphatic heterocycles. The Morgan fingerprint density at radius 1 is 1.35 bits per heavy atom. The summed E-state index contributed by atoms with van der Waals surface area (Å²) in [6.07, 6.45) is 5.97. The second-order valence-electron chi connectivity index (χ2n) is 5.87. The summed E-state index contributed by atoms with van der Waals surface area (Å²) >= 11 is 0. The Morgan fingerprint density at radius 3 is 2.82 bits per heavy atom. The molecule has 96 valence electrons. The summed E-state index contributed by atoms with van der Waals surface area (Å²) < 4.78 is 0. The number of carbonyl (C=O) groups is 1. The number of amides is 1. The van der Waals surface area contributed by atoms with Crippen LogP contribution in [-0.2, 0) is 4.79 Å². The fourth-order valence-electron chi connectivity index (χ4n) is 3.29. The Hall–Kier alpha value is -0.610. The standard InChI is InChI=1S/C13H23N3O/c1-9-7-10(8-16(9)11-4-5-11)15-13(17)12-3-2-6-14-12/h9-12,14H,2-8H2,1H3,(H,15,17). The molecule has 3 fully saturated rings. The lowest BCUT2D eigenvalue weighted by molar-refractivity contribution is -0.123. The summed E-state index contributed by atoms with van der Waals surface area (Å²) in [6.45, 7) is 4.34. The van der Waals surface area contributed by atoms with Gasteiger partial charge in [0.05, 0.1) is 6.04 Å². The van der Waals surface area contributed by atoms with Gasteiger partial charge in [-0.2, -0.15) is 0 Å². The Morgan fingerprint density at radius 2 is 2.18 bits per heavy atom. The number of rotatable bonds is 3. The largest absolute Gasteiger partial charge is 0.351 e. The van der Waals surface area contributed by atoms with Gasteiger partial charge in [0.2, 0.25) is 5.91 Å². The average Bonchev–Trinajstić information content (AvgIpc) is 2.86. The number of hydrogen-bond acceptors (Lipinski definition) is 3. The van der Waals surface area contributed by atoms with Crippen molar-refractivity contribution in [2.45, 2.75) is 63.2 Å². The molecule has 0 bridgehead atoms. The first kappa shape index (κ1) is 11.5. The molecule has 1 saturated carbocycles. The van der Waals surface area contributed by atoms with Gasteiger partial charge in [-0.15, -0.1) is 0 Å². The van der Waals surface area contributed by atoms with Gasteiger partial charge in [0.15, 0.2) is 0 Å². The van der Waals surface area contributed by atoms with Crippen LogP contribution >= 0.6 is 0 Å². The summed E-state index contributed by atoms with van der Waals surface area (Å²) in [5.41, 5.74) is 0. The highest BCUT2D eigenvalue weighted by molar-refractivity contribution is 5.82. The molecule has 3 atom stereocenters. The van der Waals surface area contributed by atoms with Gasteiger partial charge in [-0.05, 0) is 45.6 Å². The van der Waals surface area contributed by atoms with Crippen LogP contribution in [0.5, 0.6) is 0 Å². The van der Waals surface area contributed by atoms with Crippen molar-refractivity contribution in [1.82, 2.24) is 15.5 Å². The molecule has 4 heteroatoms. The molecule has 17 heavy (non-hydrogen) atoms. The smallest absolute Gasteiger partial charge is 0.237 e. The van der Waals surface area contributed by atoms with Crippen LogP contribution in [0, 0.1) is 0 Å². The van der Waals surface area contributed by atoms with Crippen molar-refractivity contribution >= 4 is 5.91 Å². The van der Waals surface area contributed by atoms with Crippen molar-refractivity contribution in [3.05, 3.63) is 0 Å². The highest BCUT2D eigenvalue weighted by Crippen LogP contribution is 2.33. The van der Waals surface area contributed by atoms with Crippen molar-refractivity contribution in [3.63, 3.8) is 0 Å². The van der Waals surface area contributed by atoms with Gasteiger partial charge >= 0.3 is 0 Å². The molecule has 2 saturated heterocycles. The molecule has 3 rings (SSSR count). The number of nitrogens with one attached hydrogen (secondary N) is 2. The average molecular weight is 237 g/mol. The first-order chi connectivity index (χ1) is 8.24. The lowest BCUT2D eigenvalue weighted by atomic mass is 10.1. The first-order valence-corrected chi connectivity index (χ1v) is 7.03. The quantitative estimate of drug-likeness (QED) is 0.750. The predicted molar refractivity (Wildman–Crippen MR) is 66.8 cm³/mol. The van der Waals surface area contributed by atoms with Crippen molar-refractivity contribution in [2.75, 3.05) is 13.1 Å². The van der Waals surface area contributed by atoms with Gasteiger partial charge in [-0.1, -0.05) is 0 Å². The van der Waals surface area contributed by atoms with Crippen molar-refractivity contribution in [2.24, 2.45) is 0 Å². The van der Waals surface area contributed by atoms with E-state index < -0.39 is 0 Å². The zero-order valence-corrected chi connectivity index (χ0v) is 10.6. The van der Waals surface area contributed by atoms with Crippen LogP contribution in [0.3, 0.4) is 0 Å². The maximum absolute atomic E-state index is 12.0. The van der Waals surface area contributed by atoms with E-state index >= 15 is 0 Å². The van der Waals surface area contributed by atoms with Crippen LogP contribution in [-0.4, -0.2) is 48.1 Å². The van der Waals surface area contributed by atoms with E-state index in [0.29, 0.717) is 12.1 Å². The summed E-state index contributed by atoms with van der Waals surface area (Å²) in [5, 5.41) is 6.48. The van der Waals surface area contributed by atoms with Crippen molar-refractivity contribution in [3.8, 4) is 0 Å². The second kappa shape index (κ2) is 4.58. The Balaban J connectivity index is 1.50. The fraction of sp³-hybridized carbons (Fsp3) is 0.923. The van der Waals surface area contributed by atoms with E-state index in [1.807, 2.05) is 0 Å². The van der Waals surface area contributed by atoms with Gasteiger partial charge < -0.3 is 10.6 Å². The van der Waals surface area contributed by atoms with Crippen molar-refractivity contribution in [1.29, 1.82) is 0 Å². The Labute approximate surface area is 103 Å². The van der Waals surface area contributed by atoms with E-state index in [-0.39, 0.29) is 11.9 Å². The van der Waals surface area contributed by atoms with Gasteiger partial charge in [0.1, 0.15) is 0 Å². The minimum atomic E-state index is 0.0697. The lowest BCUT2D eigenvalue weighted by Gasteiger charge is -2.20. The fourth-order valence-corrected chi connectivity index (χ4v) is 3.29. The SMILES string of the molecule is CC1CC(NC(=O)C2CCCN2)CN1C1CC1. The molecular weight excluding hydrogens is 214 g/mol. The number of likely N-dealkylation sites (tertiary alicyclic amines) is 1. The van der Waals surface area contributed by atoms with Crippen LogP contribution in [0.1, 0.15) is 39.0 Å². The summed E-state index contributed by atoms with van der Waals surface area (Å²) in [7, 11) is 0. The van der Waals surface area contributed by atoms with Gasteiger partial charge in [0, 0.05) is 24.7 Å². The van der Waals surface area contributed by atoms with Crippen LogP contribution in [0.2, 0.25) is 0 Å². The molecule has 3 aliphatic rings. The van der Waals surface area contributed by atoms with E-state index in [9.17, 15) is 4.79 Å². The van der Waals surface area contributed by atoms with Gasteiger partial charge in [0.25, 0.3) is 0 Å². The number of nitrogens with zero attached hydrogens (tertiary/aromatic N) is 1. The number of hydrogen-bond donors (Lipinski definition) is 2. The molecule has 3 unspecified atom stereocenters. The second-order valence-corrected chi connectivity index (χ2v) is 5.87. The molecule has 2 heterocycles. The van der Waals surface area contributed by atoms with Crippen molar-refractivity contribution < 1.29 is 4.79 Å². The molecular formula is C13H23N3O. The molecule has 1 aliphatic carbocycles. The monoisotopic (exact) mass is 237 g/mol. The van der Waals surface area contributed by atoms with E-state index in [2.05, 4.69) is 22.5 Å². The summed E-state index contributed by atoms with van der Waals surface area (Å²) in [6, 6.07) is 1.90. The Kier molecular flexibility index (Phi) is 3.09. The van der Waals surface area contributed by atoms with Crippen LogP contribution < -0.4 is 10.6 Å². The zero-order valence-electron chi connectivity index (χ0n) is 10.6. The normalized spacial score (nSPS) is 38.5. The molecule has 0 aromatic carbocycles. The van der Waals surface area contributed by atoms with E-state index in [1.165, 1.54) is 12.8 Å². The highest BCUT2D eigenvalue weighted by atomic mass is 16.2. The summed E-state index contributed by atoms with van der Waals surface area (Å²) in [5.74, 6) is 0.220. The first-order valence-electron chi connectivity index (χ1n) is 7.03. The third-order valence-corrected chi connectivity index (χ3v) is 4.36. The molecule has 0 aromatic heterocycles. The number of carbonyl (C=O) groups excluding carboxylic acids is 1. The maximum atomic E-state index is 12.0. The van der Waals surface area contributed by atoms with Crippen LogP contribution in [0.25, 0.3) is 0 Å². The third-order valence-electron chi connectivity index (χ3n) is 4.36. The molecule has 0 radical (unpaired) electrons. The third kappa shape index (κ3) is 2.47. The molecule has 0 spiro atoms. The van der Waals surface area contributed by atoms with E-state index in [0.717, 1.165) is 38.4 Å². The topological polar surface area (TPSA) is 44.4 Å². The van der Waals surface area contributed by atoms with E-state index in [1.54, 1.807) is 0 Å². The highest BCUT2D eigenvalue weighted by Gasteiger charge is 2.39. The molecule has 0 aromatic rings.